The highest BCUT2D eigenvalue weighted by atomic mass is 16.6. The number of carbonyl (C=O) groups is 1. The molecule has 3 rings (SSSR count). The van der Waals surface area contributed by atoms with Gasteiger partial charge in [0.25, 0.3) is 11.6 Å². The Morgan fingerprint density at radius 2 is 2.00 bits per heavy atom. The van der Waals surface area contributed by atoms with Crippen LogP contribution >= 0.6 is 0 Å². The lowest BCUT2D eigenvalue weighted by atomic mass is 10.1. The Balaban J connectivity index is 1.92. The Labute approximate surface area is 162 Å². The summed E-state index contributed by atoms with van der Waals surface area (Å²) < 4.78 is 0. The average Bonchev–Trinajstić information content (AvgIpc) is 2.94. The summed E-state index contributed by atoms with van der Waals surface area (Å²) in [5, 5.41) is 19.4. The number of anilines is 2. The van der Waals surface area contributed by atoms with Gasteiger partial charge < -0.3 is 9.80 Å². The zero-order valence-electron chi connectivity index (χ0n) is 15.6. The van der Waals surface area contributed by atoms with Crippen LogP contribution in [0, 0.1) is 10.1 Å². The molecule has 0 atom stereocenters. The Morgan fingerprint density at radius 3 is 2.68 bits per heavy atom. The second kappa shape index (κ2) is 7.83. The largest absolute Gasteiger partial charge is 0.372 e. The maximum atomic E-state index is 12.6. The van der Waals surface area contributed by atoms with Gasteiger partial charge in [-0.2, -0.15) is 5.10 Å². The Morgan fingerprint density at radius 1 is 1.25 bits per heavy atom. The maximum Gasteiger partial charge on any atom is 0.293 e. The topological polar surface area (TPSA) is 91.4 Å². The van der Waals surface area contributed by atoms with Crippen LogP contribution in [0.15, 0.2) is 65.3 Å². The van der Waals surface area contributed by atoms with Crippen molar-refractivity contribution < 1.29 is 9.72 Å². The van der Waals surface area contributed by atoms with E-state index in [1.165, 1.54) is 12.3 Å². The van der Waals surface area contributed by atoms with Crippen molar-refractivity contribution in [2.75, 3.05) is 30.4 Å². The first kappa shape index (κ1) is 19.0. The number of para-hydroxylation sites is 1. The SMILES string of the molecule is C=CCN1C(=O)/C(=N\N=C/c2ccc(N(C)C)c([N+](=O)[O-])c2)c2ccccc21. The van der Waals surface area contributed by atoms with Crippen LogP contribution in [-0.4, -0.2) is 43.4 Å². The number of nitro groups is 1. The molecule has 28 heavy (non-hydrogen) atoms. The number of nitro benzene ring substituents is 1. The van der Waals surface area contributed by atoms with Crippen molar-refractivity contribution in [1.29, 1.82) is 0 Å². The molecular weight excluding hydrogens is 358 g/mol. The van der Waals surface area contributed by atoms with Crippen molar-refractivity contribution in [3.8, 4) is 0 Å². The number of benzene rings is 2. The van der Waals surface area contributed by atoms with E-state index in [2.05, 4.69) is 16.8 Å². The molecule has 0 bridgehead atoms. The lowest BCUT2D eigenvalue weighted by molar-refractivity contribution is -0.384. The van der Waals surface area contributed by atoms with E-state index in [0.29, 0.717) is 23.4 Å². The van der Waals surface area contributed by atoms with E-state index in [1.54, 1.807) is 48.2 Å². The second-order valence-electron chi connectivity index (χ2n) is 6.31. The van der Waals surface area contributed by atoms with Crippen molar-refractivity contribution in [2.45, 2.75) is 0 Å². The number of carbonyl (C=O) groups excluding carboxylic acids is 1. The summed E-state index contributed by atoms with van der Waals surface area (Å²) in [6.07, 6.45) is 3.04. The fourth-order valence-electron chi connectivity index (χ4n) is 2.97. The summed E-state index contributed by atoms with van der Waals surface area (Å²) >= 11 is 0. The van der Waals surface area contributed by atoms with Crippen LogP contribution in [0.25, 0.3) is 0 Å². The van der Waals surface area contributed by atoms with Crippen LogP contribution in [0.4, 0.5) is 17.1 Å². The molecule has 0 saturated heterocycles. The zero-order valence-corrected chi connectivity index (χ0v) is 15.6. The number of hydrogen-bond acceptors (Lipinski definition) is 6. The molecule has 0 unspecified atom stereocenters. The normalized spacial score (nSPS) is 14.6. The van der Waals surface area contributed by atoms with Gasteiger partial charge in [0.2, 0.25) is 0 Å². The van der Waals surface area contributed by atoms with Gasteiger partial charge in [-0.05, 0) is 12.1 Å². The number of amides is 1. The summed E-state index contributed by atoms with van der Waals surface area (Å²) in [5.74, 6) is -0.257. The van der Waals surface area contributed by atoms with E-state index < -0.39 is 4.92 Å². The number of nitrogens with zero attached hydrogens (tertiary/aromatic N) is 5. The molecular formula is C20H19N5O3. The number of hydrogen-bond donors (Lipinski definition) is 0. The lowest BCUT2D eigenvalue weighted by Gasteiger charge is -2.13. The molecule has 0 saturated carbocycles. The molecule has 0 fully saturated rings. The van der Waals surface area contributed by atoms with E-state index in [0.717, 1.165) is 5.69 Å². The van der Waals surface area contributed by atoms with Gasteiger partial charge in [0, 0.05) is 37.8 Å². The first-order valence-corrected chi connectivity index (χ1v) is 8.53. The average molecular weight is 377 g/mol. The zero-order chi connectivity index (χ0) is 20.3. The third-order valence-electron chi connectivity index (χ3n) is 4.25. The van der Waals surface area contributed by atoms with Crippen LogP contribution in [0.2, 0.25) is 0 Å². The van der Waals surface area contributed by atoms with Gasteiger partial charge in [-0.25, -0.2) is 0 Å². The van der Waals surface area contributed by atoms with E-state index in [-0.39, 0.29) is 17.3 Å². The summed E-state index contributed by atoms with van der Waals surface area (Å²) in [5.41, 5.74) is 2.67. The number of rotatable bonds is 6. The van der Waals surface area contributed by atoms with Crippen molar-refractivity contribution in [1.82, 2.24) is 0 Å². The third-order valence-corrected chi connectivity index (χ3v) is 4.25. The fourth-order valence-corrected chi connectivity index (χ4v) is 2.97. The van der Waals surface area contributed by atoms with Crippen LogP contribution < -0.4 is 9.80 Å². The lowest BCUT2D eigenvalue weighted by Crippen LogP contribution is -2.30. The third kappa shape index (κ3) is 3.52. The van der Waals surface area contributed by atoms with Gasteiger partial charge in [0.05, 0.1) is 16.8 Å². The minimum atomic E-state index is -0.442. The molecule has 0 aliphatic carbocycles. The minimum Gasteiger partial charge on any atom is -0.372 e. The van der Waals surface area contributed by atoms with E-state index in [1.807, 2.05) is 18.2 Å². The number of fused-ring (bicyclic) bond motifs is 1. The molecule has 1 heterocycles. The summed E-state index contributed by atoms with van der Waals surface area (Å²) in [4.78, 5) is 26.7. The van der Waals surface area contributed by atoms with Crippen molar-refractivity contribution in [3.63, 3.8) is 0 Å². The molecule has 142 valence electrons. The minimum absolute atomic E-state index is 0.0268. The van der Waals surface area contributed by atoms with Crippen molar-refractivity contribution in [3.05, 3.63) is 76.4 Å². The van der Waals surface area contributed by atoms with E-state index in [9.17, 15) is 14.9 Å². The predicted octanol–water partition coefficient (Wildman–Crippen LogP) is 3.02. The molecule has 0 N–H and O–H groups in total. The summed E-state index contributed by atoms with van der Waals surface area (Å²) in [6, 6.07) is 12.1. The van der Waals surface area contributed by atoms with Crippen LogP contribution in [-0.2, 0) is 4.79 Å². The van der Waals surface area contributed by atoms with Gasteiger partial charge in [-0.1, -0.05) is 30.3 Å². The molecule has 0 radical (unpaired) electrons. The maximum absolute atomic E-state index is 12.6. The highest BCUT2D eigenvalue weighted by molar-refractivity contribution is 6.54. The fraction of sp³-hybridized carbons (Fsp3) is 0.150. The first-order chi connectivity index (χ1) is 13.4. The Hall–Kier alpha value is -3.81. The summed E-state index contributed by atoms with van der Waals surface area (Å²) in [6.45, 7) is 4.05. The van der Waals surface area contributed by atoms with Crippen molar-refractivity contribution in [2.24, 2.45) is 10.2 Å². The summed E-state index contributed by atoms with van der Waals surface area (Å²) in [7, 11) is 3.47. The van der Waals surface area contributed by atoms with Gasteiger partial charge in [-0.15, -0.1) is 11.7 Å². The van der Waals surface area contributed by atoms with E-state index >= 15 is 0 Å². The molecule has 1 amide bonds. The standard InChI is InChI=1S/C20H19N5O3/c1-4-11-24-16-8-6-5-7-15(16)19(20(24)26)22-21-13-14-9-10-17(23(2)3)18(12-14)25(27)28/h4-10,12-13H,1,11H2,2-3H3/b21-13-,22-19-. The molecule has 2 aromatic carbocycles. The molecule has 1 aliphatic rings. The van der Waals surface area contributed by atoms with Gasteiger partial charge in [0.1, 0.15) is 5.69 Å². The van der Waals surface area contributed by atoms with Gasteiger partial charge >= 0.3 is 0 Å². The van der Waals surface area contributed by atoms with Crippen LogP contribution in [0.3, 0.4) is 0 Å². The van der Waals surface area contributed by atoms with Gasteiger partial charge in [0.15, 0.2) is 5.71 Å². The monoisotopic (exact) mass is 377 g/mol. The second-order valence-corrected chi connectivity index (χ2v) is 6.31. The molecule has 8 nitrogen and oxygen atoms in total. The molecule has 1 aliphatic heterocycles. The quantitative estimate of drug-likeness (QED) is 0.335. The van der Waals surface area contributed by atoms with Crippen LogP contribution in [0.1, 0.15) is 11.1 Å². The van der Waals surface area contributed by atoms with Crippen molar-refractivity contribution >= 4 is 34.9 Å². The predicted molar refractivity (Wildman–Crippen MR) is 111 cm³/mol. The van der Waals surface area contributed by atoms with E-state index in [4.69, 9.17) is 0 Å². The molecule has 2 aromatic rings. The highest BCUT2D eigenvalue weighted by Crippen LogP contribution is 2.29. The Kier molecular flexibility index (Phi) is 5.30. The molecule has 0 spiro atoms. The van der Waals surface area contributed by atoms with Crippen LogP contribution in [0.5, 0.6) is 0 Å². The molecule has 0 aromatic heterocycles. The van der Waals surface area contributed by atoms with Gasteiger partial charge in [-0.3, -0.25) is 14.9 Å². The highest BCUT2D eigenvalue weighted by Gasteiger charge is 2.33. The smallest absolute Gasteiger partial charge is 0.293 e. The first-order valence-electron chi connectivity index (χ1n) is 8.53. The Bertz CT molecular complexity index is 1010. The molecule has 8 heteroatoms.